The van der Waals surface area contributed by atoms with Gasteiger partial charge >= 0.3 is 0 Å². The van der Waals surface area contributed by atoms with Gasteiger partial charge in [-0.2, -0.15) is 5.10 Å². The summed E-state index contributed by atoms with van der Waals surface area (Å²) in [5.74, 6) is 1.65. The number of nitrogens with one attached hydrogen (secondary N) is 1. The fraction of sp³-hybridized carbons (Fsp3) is 0.882. The zero-order valence-corrected chi connectivity index (χ0v) is 13.5. The van der Waals surface area contributed by atoms with Crippen LogP contribution in [0.3, 0.4) is 0 Å². The Kier molecular flexibility index (Phi) is 10.3. The molecule has 0 saturated carbocycles. The third-order valence-corrected chi connectivity index (χ3v) is 4.22. The SMILES string of the molecule is CCCCCCCCCCCCC(CC)c1ncn[nH]1. The van der Waals surface area contributed by atoms with Gasteiger partial charge in [0, 0.05) is 5.92 Å². The summed E-state index contributed by atoms with van der Waals surface area (Å²) in [5, 5.41) is 6.97. The van der Waals surface area contributed by atoms with Gasteiger partial charge in [0.1, 0.15) is 12.2 Å². The third kappa shape index (κ3) is 7.66. The highest BCUT2D eigenvalue weighted by molar-refractivity contribution is 4.91. The quantitative estimate of drug-likeness (QED) is 0.477. The second kappa shape index (κ2) is 11.9. The summed E-state index contributed by atoms with van der Waals surface area (Å²) in [7, 11) is 0. The zero-order valence-electron chi connectivity index (χ0n) is 13.5. The van der Waals surface area contributed by atoms with E-state index in [0.717, 1.165) is 12.2 Å². The first-order chi connectivity index (χ1) is 9.88. The number of aromatic nitrogens is 3. The first-order valence-corrected chi connectivity index (χ1v) is 8.73. The molecule has 0 aliphatic rings. The zero-order chi connectivity index (χ0) is 14.5. The van der Waals surface area contributed by atoms with Gasteiger partial charge < -0.3 is 0 Å². The lowest BCUT2D eigenvalue weighted by Crippen LogP contribution is -2.00. The van der Waals surface area contributed by atoms with E-state index in [9.17, 15) is 0 Å². The first-order valence-electron chi connectivity index (χ1n) is 8.73. The number of rotatable bonds is 13. The number of hydrogen-bond acceptors (Lipinski definition) is 2. The number of aromatic amines is 1. The maximum absolute atomic E-state index is 4.28. The molecule has 1 rings (SSSR count). The summed E-state index contributed by atoms with van der Waals surface area (Å²) in [6.07, 6.45) is 18.1. The summed E-state index contributed by atoms with van der Waals surface area (Å²) in [4.78, 5) is 4.28. The molecule has 3 nitrogen and oxygen atoms in total. The molecule has 20 heavy (non-hydrogen) atoms. The van der Waals surface area contributed by atoms with Crippen molar-refractivity contribution in [2.24, 2.45) is 0 Å². The lowest BCUT2D eigenvalue weighted by atomic mass is 9.97. The summed E-state index contributed by atoms with van der Waals surface area (Å²) >= 11 is 0. The van der Waals surface area contributed by atoms with E-state index in [2.05, 4.69) is 29.0 Å². The molecule has 1 heterocycles. The molecule has 1 unspecified atom stereocenters. The summed E-state index contributed by atoms with van der Waals surface area (Å²) < 4.78 is 0. The largest absolute Gasteiger partial charge is 0.263 e. The highest BCUT2D eigenvalue weighted by Crippen LogP contribution is 2.22. The van der Waals surface area contributed by atoms with Crippen LogP contribution in [0.4, 0.5) is 0 Å². The minimum Gasteiger partial charge on any atom is -0.263 e. The normalized spacial score (nSPS) is 12.7. The number of hydrogen-bond donors (Lipinski definition) is 1. The van der Waals surface area contributed by atoms with E-state index in [1.165, 1.54) is 70.6 Å². The van der Waals surface area contributed by atoms with Crippen LogP contribution in [-0.2, 0) is 0 Å². The van der Waals surface area contributed by atoms with Crippen LogP contribution < -0.4 is 0 Å². The van der Waals surface area contributed by atoms with Gasteiger partial charge in [0.25, 0.3) is 0 Å². The van der Waals surface area contributed by atoms with E-state index in [1.807, 2.05) is 0 Å². The molecule has 116 valence electrons. The molecule has 1 N–H and O–H groups in total. The Morgan fingerprint density at radius 2 is 1.50 bits per heavy atom. The van der Waals surface area contributed by atoms with Crippen molar-refractivity contribution < 1.29 is 0 Å². The molecular weight excluding hydrogens is 246 g/mol. The van der Waals surface area contributed by atoms with Crippen molar-refractivity contribution >= 4 is 0 Å². The fourth-order valence-corrected chi connectivity index (χ4v) is 2.82. The van der Waals surface area contributed by atoms with Gasteiger partial charge in [0.15, 0.2) is 0 Å². The molecule has 0 amide bonds. The molecule has 0 bridgehead atoms. The standard InChI is InChI=1S/C17H33N3/c1-3-5-6-7-8-9-10-11-12-13-14-16(4-2)17-18-15-19-20-17/h15-16H,3-14H2,1-2H3,(H,18,19,20). The van der Waals surface area contributed by atoms with E-state index in [4.69, 9.17) is 0 Å². The van der Waals surface area contributed by atoms with Crippen LogP contribution >= 0.6 is 0 Å². The van der Waals surface area contributed by atoms with E-state index in [-0.39, 0.29) is 0 Å². The molecule has 0 radical (unpaired) electrons. The topological polar surface area (TPSA) is 41.6 Å². The number of unbranched alkanes of at least 4 members (excludes halogenated alkanes) is 9. The van der Waals surface area contributed by atoms with Crippen molar-refractivity contribution in [3.63, 3.8) is 0 Å². The molecule has 0 aliphatic carbocycles. The van der Waals surface area contributed by atoms with Crippen LogP contribution in [-0.4, -0.2) is 15.2 Å². The van der Waals surface area contributed by atoms with E-state index >= 15 is 0 Å². The lowest BCUT2D eigenvalue weighted by molar-refractivity contribution is 0.506. The Labute approximate surface area is 125 Å². The summed E-state index contributed by atoms with van der Waals surface area (Å²) in [6, 6.07) is 0. The molecule has 1 aromatic heterocycles. The Hall–Kier alpha value is -0.860. The second-order valence-electron chi connectivity index (χ2n) is 5.95. The fourth-order valence-electron chi connectivity index (χ4n) is 2.82. The van der Waals surface area contributed by atoms with E-state index in [0.29, 0.717) is 5.92 Å². The Balaban J connectivity index is 1.91. The van der Waals surface area contributed by atoms with Crippen molar-refractivity contribution in [3.05, 3.63) is 12.2 Å². The summed E-state index contributed by atoms with van der Waals surface area (Å²) in [5.41, 5.74) is 0. The monoisotopic (exact) mass is 279 g/mol. The van der Waals surface area contributed by atoms with Gasteiger partial charge in [-0.15, -0.1) is 0 Å². The van der Waals surface area contributed by atoms with Gasteiger partial charge in [-0.3, -0.25) is 5.10 Å². The average Bonchev–Trinajstić information content (AvgIpc) is 2.99. The van der Waals surface area contributed by atoms with Gasteiger partial charge in [-0.25, -0.2) is 4.98 Å². The van der Waals surface area contributed by atoms with Crippen molar-refractivity contribution in [2.45, 2.75) is 96.8 Å². The van der Waals surface area contributed by atoms with Crippen molar-refractivity contribution in [1.29, 1.82) is 0 Å². The van der Waals surface area contributed by atoms with Crippen LogP contribution in [0.2, 0.25) is 0 Å². The Bertz CT molecular complexity index is 295. The third-order valence-electron chi connectivity index (χ3n) is 4.22. The molecule has 0 spiro atoms. The van der Waals surface area contributed by atoms with Crippen LogP contribution in [0.5, 0.6) is 0 Å². The maximum Gasteiger partial charge on any atom is 0.137 e. The molecule has 0 saturated heterocycles. The molecule has 0 aliphatic heterocycles. The number of H-pyrrole nitrogens is 1. The van der Waals surface area contributed by atoms with Crippen LogP contribution in [0, 0.1) is 0 Å². The average molecular weight is 279 g/mol. The lowest BCUT2D eigenvalue weighted by Gasteiger charge is -2.11. The molecule has 1 atom stereocenters. The Morgan fingerprint density at radius 1 is 0.900 bits per heavy atom. The summed E-state index contributed by atoms with van der Waals surface area (Å²) in [6.45, 7) is 4.52. The van der Waals surface area contributed by atoms with Crippen LogP contribution in [0.25, 0.3) is 0 Å². The molecule has 0 aromatic carbocycles. The molecular formula is C17H33N3. The predicted molar refractivity (Wildman–Crippen MR) is 85.9 cm³/mol. The van der Waals surface area contributed by atoms with Crippen molar-refractivity contribution in [1.82, 2.24) is 15.2 Å². The van der Waals surface area contributed by atoms with E-state index < -0.39 is 0 Å². The molecule has 3 heteroatoms. The minimum absolute atomic E-state index is 0.576. The maximum atomic E-state index is 4.28. The van der Waals surface area contributed by atoms with Crippen LogP contribution in [0.15, 0.2) is 6.33 Å². The van der Waals surface area contributed by atoms with Crippen molar-refractivity contribution in [2.75, 3.05) is 0 Å². The van der Waals surface area contributed by atoms with Crippen molar-refractivity contribution in [3.8, 4) is 0 Å². The van der Waals surface area contributed by atoms with Gasteiger partial charge in [-0.1, -0.05) is 78.1 Å². The number of nitrogens with zero attached hydrogens (tertiary/aromatic N) is 2. The Morgan fingerprint density at radius 3 is 2.00 bits per heavy atom. The van der Waals surface area contributed by atoms with Gasteiger partial charge in [0.05, 0.1) is 0 Å². The van der Waals surface area contributed by atoms with Gasteiger partial charge in [0.2, 0.25) is 0 Å². The molecule has 1 aromatic rings. The second-order valence-corrected chi connectivity index (χ2v) is 5.95. The van der Waals surface area contributed by atoms with E-state index in [1.54, 1.807) is 6.33 Å². The highest BCUT2D eigenvalue weighted by Gasteiger charge is 2.11. The minimum atomic E-state index is 0.576. The predicted octanol–water partition coefficient (Wildman–Crippen LogP) is 5.61. The molecule has 0 fully saturated rings. The van der Waals surface area contributed by atoms with Crippen LogP contribution in [0.1, 0.15) is 103 Å². The highest BCUT2D eigenvalue weighted by atomic mass is 15.2. The smallest absolute Gasteiger partial charge is 0.137 e. The first kappa shape index (κ1) is 17.2. The van der Waals surface area contributed by atoms with Gasteiger partial charge in [-0.05, 0) is 12.8 Å².